The van der Waals surface area contributed by atoms with Gasteiger partial charge in [-0.05, 0) is 30.5 Å². The smallest absolute Gasteiger partial charge is 0.330 e. The molecule has 2 amide bonds. The van der Waals surface area contributed by atoms with Crippen LogP contribution in [0.3, 0.4) is 0 Å². The minimum absolute atomic E-state index is 0.0509. The Balaban J connectivity index is 1.18. The second-order valence-corrected chi connectivity index (χ2v) is 12.4. The number of benzene rings is 2. The summed E-state index contributed by atoms with van der Waals surface area (Å²) in [5.41, 5.74) is 1.84. The van der Waals surface area contributed by atoms with Crippen molar-refractivity contribution in [2.75, 3.05) is 32.1 Å². The van der Waals surface area contributed by atoms with Gasteiger partial charge in [-0.3, -0.25) is 23.9 Å². The van der Waals surface area contributed by atoms with Crippen LogP contribution in [0.1, 0.15) is 40.4 Å². The fraction of sp³-hybridized carbons (Fsp3) is 0.324. The summed E-state index contributed by atoms with van der Waals surface area (Å²) in [7, 11) is 4.26. The van der Waals surface area contributed by atoms with Crippen LogP contribution in [0.2, 0.25) is 0 Å². The minimum Gasteiger partial charge on any atom is -0.491 e. The maximum absolute atomic E-state index is 16.0. The summed E-state index contributed by atoms with van der Waals surface area (Å²) >= 11 is 0. The number of hydrogen-bond donors (Lipinski definition) is 2. The third kappa shape index (κ3) is 4.97. The van der Waals surface area contributed by atoms with Crippen LogP contribution in [0.4, 0.5) is 10.1 Å². The Bertz CT molecular complexity index is 2100. The molecular weight excluding hydrogens is 607 g/mol. The molecule has 2 aromatic carbocycles. The number of carbonyl (C=O) groups is 2. The van der Waals surface area contributed by atoms with Crippen LogP contribution in [-0.2, 0) is 18.9 Å². The van der Waals surface area contributed by atoms with Crippen molar-refractivity contribution < 1.29 is 23.5 Å². The summed E-state index contributed by atoms with van der Waals surface area (Å²) in [5.74, 6) is -0.310. The quantitative estimate of drug-likeness (QED) is 0.329. The van der Waals surface area contributed by atoms with Crippen molar-refractivity contribution in [1.29, 1.82) is 0 Å². The summed E-state index contributed by atoms with van der Waals surface area (Å²) in [4.78, 5) is 56.6. The Morgan fingerprint density at radius 3 is 2.55 bits per heavy atom. The number of fused-ring (bicyclic) bond motifs is 1. The molecule has 2 N–H and O–H groups in total. The van der Waals surface area contributed by atoms with Crippen LogP contribution >= 0.6 is 0 Å². The molecule has 2 saturated heterocycles. The van der Waals surface area contributed by atoms with Crippen LogP contribution in [0.25, 0.3) is 22.4 Å². The van der Waals surface area contributed by atoms with Crippen molar-refractivity contribution in [3.05, 3.63) is 92.0 Å². The van der Waals surface area contributed by atoms with E-state index in [-0.39, 0.29) is 34.3 Å². The maximum atomic E-state index is 16.0. The number of aryl methyl sites for hydroxylation is 1. The Kier molecular flexibility index (Phi) is 7.23. The molecule has 2 fully saturated rings. The third-order valence-electron chi connectivity index (χ3n) is 9.43. The molecule has 12 nitrogen and oxygen atoms in total. The number of hydrogen-bond acceptors (Lipinski definition) is 8. The number of methoxy groups -OCH3 is 1. The molecule has 1 unspecified atom stereocenters. The number of ether oxygens (including phenoxy) is 2. The summed E-state index contributed by atoms with van der Waals surface area (Å²) in [5, 5.41) is 5.61. The van der Waals surface area contributed by atoms with Crippen molar-refractivity contribution in [3.63, 3.8) is 0 Å². The molecule has 47 heavy (non-hydrogen) atoms. The summed E-state index contributed by atoms with van der Waals surface area (Å²) < 4.78 is 29.9. The first-order valence-corrected chi connectivity index (χ1v) is 15.2. The van der Waals surface area contributed by atoms with E-state index >= 15 is 4.39 Å². The first kappa shape index (κ1) is 30.4. The van der Waals surface area contributed by atoms with E-state index in [1.165, 1.54) is 20.2 Å². The van der Waals surface area contributed by atoms with Crippen LogP contribution in [0.15, 0.2) is 58.3 Å². The van der Waals surface area contributed by atoms with Crippen LogP contribution in [0, 0.1) is 12.7 Å². The molecule has 0 saturated carbocycles. The zero-order valence-electron chi connectivity index (χ0n) is 26.3. The van der Waals surface area contributed by atoms with Crippen LogP contribution < -0.4 is 31.4 Å². The summed E-state index contributed by atoms with van der Waals surface area (Å²) in [6, 6.07) is 11.9. The molecule has 3 aliphatic heterocycles. The number of pyridine rings is 1. The van der Waals surface area contributed by atoms with Gasteiger partial charge in [0.15, 0.2) is 5.82 Å². The van der Waals surface area contributed by atoms with Gasteiger partial charge in [0.2, 0.25) is 11.8 Å². The van der Waals surface area contributed by atoms with Crippen molar-refractivity contribution in [2.24, 2.45) is 14.1 Å². The molecule has 5 heterocycles. The van der Waals surface area contributed by atoms with Gasteiger partial charge in [0.05, 0.1) is 35.6 Å². The van der Waals surface area contributed by atoms with E-state index in [4.69, 9.17) is 14.5 Å². The molecule has 1 atom stereocenters. The number of rotatable bonds is 6. The number of nitrogens with zero attached hydrogens (tertiary/aromatic N) is 4. The fourth-order valence-electron chi connectivity index (χ4n) is 6.93. The number of halogens is 1. The van der Waals surface area contributed by atoms with Gasteiger partial charge >= 0.3 is 5.69 Å². The van der Waals surface area contributed by atoms with Gasteiger partial charge in [-0.15, -0.1) is 0 Å². The molecule has 4 aromatic rings. The monoisotopic (exact) mass is 640 g/mol. The Labute approximate surface area is 268 Å². The fourth-order valence-corrected chi connectivity index (χ4v) is 6.93. The molecular formula is C34H33FN6O6. The number of aromatic nitrogens is 3. The van der Waals surface area contributed by atoms with E-state index in [2.05, 4.69) is 15.5 Å². The average molecular weight is 641 g/mol. The second kappa shape index (κ2) is 11.2. The lowest BCUT2D eigenvalue weighted by Gasteiger charge is -2.50. The highest BCUT2D eigenvalue weighted by molar-refractivity contribution is 6.04. The van der Waals surface area contributed by atoms with E-state index in [0.717, 1.165) is 51.5 Å². The molecule has 13 heteroatoms. The minimum atomic E-state index is -0.836. The topological polar surface area (TPSA) is 137 Å². The van der Waals surface area contributed by atoms with Gasteiger partial charge in [0.25, 0.3) is 11.5 Å². The molecule has 7 rings (SSSR count). The standard InChI is InChI=1S/C34H33FN6O6/c1-18-19(21-9-6-10-23(29(21)35)36-30(43)22-14-39(2)33(45)40(3)32(22)44)7-5-8-20(18)24-13-26-28(31(37-24)46-4)25(15-47-26)41-16-34(17-41)12-11-27(42)38-34/h5-10,13-14,25H,11-12,15-17H2,1-4H3,(H,36,43)(H,38,42). The highest BCUT2D eigenvalue weighted by Gasteiger charge is 2.51. The van der Waals surface area contributed by atoms with Gasteiger partial charge in [-0.25, -0.2) is 14.2 Å². The lowest BCUT2D eigenvalue weighted by Crippen LogP contribution is -2.67. The molecule has 242 valence electrons. The van der Waals surface area contributed by atoms with Gasteiger partial charge in [0, 0.05) is 57.0 Å². The molecule has 0 bridgehead atoms. The highest BCUT2D eigenvalue weighted by atomic mass is 19.1. The maximum Gasteiger partial charge on any atom is 0.330 e. The Morgan fingerprint density at radius 2 is 1.83 bits per heavy atom. The number of nitrogens with one attached hydrogen (secondary N) is 2. The van der Waals surface area contributed by atoms with Crippen LogP contribution in [0.5, 0.6) is 11.6 Å². The van der Waals surface area contributed by atoms with Gasteiger partial charge in [-0.1, -0.05) is 30.3 Å². The second-order valence-electron chi connectivity index (χ2n) is 12.4. The lowest BCUT2D eigenvalue weighted by molar-refractivity contribution is -0.121. The zero-order chi connectivity index (χ0) is 33.2. The molecule has 0 aliphatic carbocycles. The predicted molar refractivity (Wildman–Crippen MR) is 171 cm³/mol. The van der Waals surface area contributed by atoms with Crippen LogP contribution in [-0.4, -0.2) is 63.2 Å². The van der Waals surface area contributed by atoms with E-state index in [1.54, 1.807) is 31.4 Å². The van der Waals surface area contributed by atoms with E-state index in [9.17, 15) is 19.2 Å². The van der Waals surface area contributed by atoms with Gasteiger partial charge in [-0.2, -0.15) is 0 Å². The normalized spacial score (nSPS) is 18.0. The van der Waals surface area contributed by atoms with E-state index in [1.807, 2.05) is 19.1 Å². The zero-order valence-corrected chi connectivity index (χ0v) is 26.3. The molecule has 3 aliphatic rings. The first-order chi connectivity index (χ1) is 22.5. The molecule has 1 spiro atoms. The summed E-state index contributed by atoms with van der Waals surface area (Å²) in [6.07, 6.45) is 2.52. The SMILES string of the molecule is COc1nc(-c2cccc(-c3cccc(NC(=O)c4cn(C)c(=O)n(C)c4=O)c3F)c2C)cc2c1C(N1CC3(CCC(=O)N3)C1)CO2. The number of carbonyl (C=O) groups excluding carboxylic acids is 2. The number of amides is 2. The molecule has 2 aromatic heterocycles. The van der Waals surface area contributed by atoms with Gasteiger partial charge < -0.3 is 24.7 Å². The Hall–Kier alpha value is -5.30. The van der Waals surface area contributed by atoms with E-state index in [0.29, 0.717) is 35.9 Å². The number of anilines is 1. The van der Waals surface area contributed by atoms with Crippen molar-refractivity contribution in [1.82, 2.24) is 24.3 Å². The third-order valence-corrected chi connectivity index (χ3v) is 9.43. The largest absolute Gasteiger partial charge is 0.491 e. The molecule has 0 radical (unpaired) electrons. The number of likely N-dealkylation sites (tertiary alicyclic amines) is 1. The van der Waals surface area contributed by atoms with Crippen molar-refractivity contribution in [2.45, 2.75) is 31.3 Å². The lowest BCUT2D eigenvalue weighted by atomic mass is 9.86. The van der Waals surface area contributed by atoms with E-state index < -0.39 is 23.0 Å². The van der Waals surface area contributed by atoms with Crippen molar-refractivity contribution >= 4 is 17.5 Å². The van der Waals surface area contributed by atoms with Crippen molar-refractivity contribution in [3.8, 4) is 34.0 Å². The Morgan fingerprint density at radius 1 is 1.11 bits per heavy atom. The first-order valence-electron chi connectivity index (χ1n) is 15.2. The van der Waals surface area contributed by atoms with Gasteiger partial charge in [0.1, 0.15) is 17.9 Å². The average Bonchev–Trinajstić information content (AvgIpc) is 3.65. The predicted octanol–water partition coefficient (Wildman–Crippen LogP) is 2.92. The highest BCUT2D eigenvalue weighted by Crippen LogP contribution is 2.47. The summed E-state index contributed by atoms with van der Waals surface area (Å²) in [6.45, 7) is 3.79.